The summed E-state index contributed by atoms with van der Waals surface area (Å²) in [5, 5.41) is 2.07. The normalized spacial score (nSPS) is 19.1. The number of methoxy groups -OCH3 is 1. The van der Waals surface area contributed by atoms with E-state index in [2.05, 4.69) is 31.2 Å². The molecular weight excluding hydrogens is 422 g/mol. The van der Waals surface area contributed by atoms with E-state index in [-0.39, 0.29) is 0 Å². The lowest BCUT2D eigenvalue weighted by atomic mass is 9.83. The van der Waals surface area contributed by atoms with Crippen molar-refractivity contribution in [2.75, 3.05) is 7.11 Å². The molecule has 0 aliphatic heterocycles. The number of hydrogen-bond acceptors (Lipinski definition) is 3. The molecule has 2 aromatic carbocycles. The number of amides is 1. The van der Waals surface area contributed by atoms with Crippen LogP contribution >= 0.6 is 0 Å². The van der Waals surface area contributed by atoms with Gasteiger partial charge in [-0.25, -0.2) is 4.98 Å². The van der Waals surface area contributed by atoms with E-state index in [0.717, 1.165) is 39.2 Å². The van der Waals surface area contributed by atoms with E-state index in [1.165, 1.54) is 44.1 Å². The monoisotopic (exact) mass is 455 g/mol. The van der Waals surface area contributed by atoms with Crippen LogP contribution in [0, 0.1) is 5.92 Å². The molecule has 176 valence electrons. The molecule has 0 radical (unpaired) electrons. The molecule has 5 rings (SSSR count). The van der Waals surface area contributed by atoms with E-state index < -0.39 is 5.91 Å². The van der Waals surface area contributed by atoms with E-state index in [9.17, 15) is 4.79 Å². The fourth-order valence-electron chi connectivity index (χ4n) is 5.44. The molecule has 4 aromatic rings. The number of fused-ring (bicyclic) bond motifs is 2. The maximum Gasteiger partial charge on any atom is 0.265 e. The van der Waals surface area contributed by atoms with Crippen LogP contribution in [0.1, 0.15) is 73.0 Å². The number of pyridine rings is 1. The third-order valence-corrected chi connectivity index (χ3v) is 7.41. The first-order valence-corrected chi connectivity index (χ1v) is 12.4. The standard InChI is InChI=1S/C29H33N3O2/c1-19-5-3-7-21(8-4-6-19)22-11-14-26-23(15-22)16-24-17-27(28(30)33)32(29(24)31-26)18-20-9-12-25(34-2)13-10-20/h9-17,19,21H,3-8,18H2,1-2H3,(H2,30,33). The van der Waals surface area contributed by atoms with Gasteiger partial charge in [-0.15, -0.1) is 0 Å². The summed E-state index contributed by atoms with van der Waals surface area (Å²) in [5.74, 6) is 1.83. The van der Waals surface area contributed by atoms with Gasteiger partial charge in [0.25, 0.3) is 5.91 Å². The van der Waals surface area contributed by atoms with Gasteiger partial charge in [-0.05, 0) is 72.2 Å². The minimum absolute atomic E-state index is 0.444. The number of primary amides is 1. The average molecular weight is 456 g/mol. The second-order valence-corrected chi connectivity index (χ2v) is 9.85. The quantitative estimate of drug-likeness (QED) is 0.377. The van der Waals surface area contributed by atoms with Crippen LogP contribution in [0.4, 0.5) is 0 Å². The molecule has 1 fully saturated rings. The van der Waals surface area contributed by atoms with E-state index >= 15 is 0 Å². The Bertz CT molecular complexity index is 1310. The first-order chi connectivity index (χ1) is 16.5. The zero-order valence-electron chi connectivity index (χ0n) is 20.1. The molecule has 1 amide bonds. The van der Waals surface area contributed by atoms with Crippen LogP contribution in [0.25, 0.3) is 21.9 Å². The molecule has 34 heavy (non-hydrogen) atoms. The number of nitrogens with two attached hydrogens (primary N) is 1. The summed E-state index contributed by atoms with van der Waals surface area (Å²) >= 11 is 0. The SMILES string of the molecule is COc1ccc(Cn2c(C(N)=O)cc3cc4cc(C5CCCC(C)CCC5)ccc4nc32)cc1. The summed E-state index contributed by atoms with van der Waals surface area (Å²) < 4.78 is 7.18. The summed E-state index contributed by atoms with van der Waals surface area (Å²) in [6.45, 7) is 2.90. The van der Waals surface area contributed by atoms with Crippen molar-refractivity contribution in [2.24, 2.45) is 11.7 Å². The molecule has 5 nitrogen and oxygen atoms in total. The number of ether oxygens (including phenoxy) is 1. The van der Waals surface area contributed by atoms with Gasteiger partial charge < -0.3 is 15.0 Å². The second-order valence-electron chi connectivity index (χ2n) is 9.85. The van der Waals surface area contributed by atoms with Crippen LogP contribution in [-0.4, -0.2) is 22.6 Å². The Balaban J connectivity index is 1.51. The Morgan fingerprint density at radius 3 is 2.41 bits per heavy atom. The maximum atomic E-state index is 12.3. The molecule has 1 aliphatic rings. The maximum absolute atomic E-state index is 12.3. The van der Waals surface area contributed by atoms with Crippen molar-refractivity contribution in [1.82, 2.24) is 9.55 Å². The number of carbonyl (C=O) groups excluding carboxylic acids is 1. The average Bonchev–Trinajstić information content (AvgIpc) is 3.17. The van der Waals surface area contributed by atoms with Crippen molar-refractivity contribution in [3.8, 4) is 5.75 Å². The molecule has 2 N–H and O–H groups in total. The van der Waals surface area contributed by atoms with Crippen molar-refractivity contribution >= 4 is 27.8 Å². The van der Waals surface area contributed by atoms with E-state index in [1.54, 1.807) is 7.11 Å². The molecule has 5 heteroatoms. The van der Waals surface area contributed by atoms with Gasteiger partial charge in [-0.1, -0.05) is 50.8 Å². The number of rotatable bonds is 5. The Labute approximate surface area is 200 Å². The Kier molecular flexibility index (Phi) is 6.27. The predicted octanol–water partition coefficient (Wildman–Crippen LogP) is 6.42. The zero-order valence-corrected chi connectivity index (χ0v) is 20.1. The number of carbonyl (C=O) groups is 1. The summed E-state index contributed by atoms with van der Waals surface area (Å²) in [6.07, 6.45) is 7.80. The number of hydrogen-bond donors (Lipinski definition) is 1. The number of benzene rings is 2. The van der Waals surface area contributed by atoms with E-state index in [4.69, 9.17) is 15.5 Å². The van der Waals surface area contributed by atoms with Gasteiger partial charge >= 0.3 is 0 Å². The highest BCUT2D eigenvalue weighted by Crippen LogP contribution is 2.34. The number of aromatic nitrogens is 2. The van der Waals surface area contributed by atoms with Crippen LogP contribution in [-0.2, 0) is 6.54 Å². The molecular formula is C29H33N3O2. The lowest BCUT2D eigenvalue weighted by molar-refractivity contribution is 0.0992. The highest BCUT2D eigenvalue weighted by atomic mass is 16.5. The summed E-state index contributed by atoms with van der Waals surface area (Å²) in [7, 11) is 1.65. The molecule has 0 bridgehead atoms. The van der Waals surface area contributed by atoms with Gasteiger partial charge in [0.1, 0.15) is 17.1 Å². The third-order valence-electron chi connectivity index (χ3n) is 7.41. The summed E-state index contributed by atoms with van der Waals surface area (Å²) in [6, 6.07) is 18.6. The Morgan fingerprint density at radius 1 is 1.00 bits per heavy atom. The lowest BCUT2D eigenvalue weighted by Crippen LogP contribution is -2.17. The van der Waals surface area contributed by atoms with Crippen molar-refractivity contribution in [2.45, 2.75) is 57.9 Å². The Hall–Kier alpha value is -3.34. The highest BCUT2D eigenvalue weighted by Gasteiger charge is 2.19. The van der Waals surface area contributed by atoms with Gasteiger partial charge in [-0.2, -0.15) is 0 Å². The molecule has 1 saturated carbocycles. The molecule has 2 heterocycles. The predicted molar refractivity (Wildman–Crippen MR) is 137 cm³/mol. The molecule has 0 spiro atoms. The molecule has 0 saturated heterocycles. The van der Waals surface area contributed by atoms with E-state index in [0.29, 0.717) is 18.2 Å². The van der Waals surface area contributed by atoms with Crippen LogP contribution in [0.2, 0.25) is 0 Å². The molecule has 1 aliphatic carbocycles. The van der Waals surface area contributed by atoms with Crippen LogP contribution < -0.4 is 10.5 Å². The smallest absolute Gasteiger partial charge is 0.265 e. The number of nitrogens with zero attached hydrogens (tertiary/aromatic N) is 2. The second kappa shape index (κ2) is 9.49. The first kappa shape index (κ1) is 22.5. The first-order valence-electron chi connectivity index (χ1n) is 12.4. The fraction of sp³-hybridized carbons (Fsp3) is 0.379. The van der Waals surface area contributed by atoms with Gasteiger partial charge in [-0.3, -0.25) is 4.79 Å². The minimum atomic E-state index is -0.444. The minimum Gasteiger partial charge on any atom is -0.497 e. The highest BCUT2D eigenvalue weighted by molar-refractivity contribution is 6.00. The summed E-state index contributed by atoms with van der Waals surface area (Å²) in [5.41, 5.74) is 10.4. The molecule has 0 atom stereocenters. The largest absolute Gasteiger partial charge is 0.497 e. The van der Waals surface area contributed by atoms with Crippen LogP contribution in [0.15, 0.2) is 54.6 Å². The van der Waals surface area contributed by atoms with Crippen molar-refractivity contribution < 1.29 is 9.53 Å². The Morgan fingerprint density at radius 2 is 1.74 bits per heavy atom. The topological polar surface area (TPSA) is 70.1 Å². The molecule has 2 aromatic heterocycles. The zero-order chi connectivity index (χ0) is 23.7. The van der Waals surface area contributed by atoms with Crippen molar-refractivity contribution in [3.05, 3.63) is 71.4 Å². The lowest BCUT2D eigenvalue weighted by Gasteiger charge is -2.23. The van der Waals surface area contributed by atoms with Gasteiger partial charge in [0, 0.05) is 17.3 Å². The van der Waals surface area contributed by atoms with Gasteiger partial charge in [0.05, 0.1) is 12.6 Å². The summed E-state index contributed by atoms with van der Waals surface area (Å²) in [4.78, 5) is 17.2. The van der Waals surface area contributed by atoms with E-state index in [1.807, 2.05) is 34.9 Å². The van der Waals surface area contributed by atoms with Gasteiger partial charge in [0.2, 0.25) is 0 Å². The van der Waals surface area contributed by atoms with Crippen LogP contribution in [0.3, 0.4) is 0 Å². The fourth-order valence-corrected chi connectivity index (χ4v) is 5.44. The van der Waals surface area contributed by atoms with Crippen molar-refractivity contribution in [1.29, 1.82) is 0 Å². The van der Waals surface area contributed by atoms with Crippen LogP contribution in [0.5, 0.6) is 5.75 Å². The third kappa shape index (κ3) is 4.52. The van der Waals surface area contributed by atoms with Crippen molar-refractivity contribution in [3.63, 3.8) is 0 Å². The van der Waals surface area contributed by atoms with Gasteiger partial charge in [0.15, 0.2) is 0 Å². The molecule has 0 unspecified atom stereocenters.